The van der Waals surface area contributed by atoms with E-state index in [1.54, 1.807) is 0 Å². The molecule has 0 amide bonds. The standard InChI is InChI=1S/C10H19N/c1-2-3-6-9-7-4-5-8-10(9)11/h6,10H,2-5,7-8,11H2,1H3. The minimum absolute atomic E-state index is 0.385. The fourth-order valence-corrected chi connectivity index (χ4v) is 1.65. The van der Waals surface area contributed by atoms with Crippen molar-refractivity contribution >= 4 is 0 Å². The van der Waals surface area contributed by atoms with Crippen molar-refractivity contribution in [2.24, 2.45) is 5.73 Å². The molecule has 1 unspecified atom stereocenters. The summed E-state index contributed by atoms with van der Waals surface area (Å²) in [5.41, 5.74) is 7.46. The molecule has 1 saturated carbocycles. The van der Waals surface area contributed by atoms with Crippen LogP contribution in [0, 0.1) is 0 Å². The third-order valence-electron chi connectivity index (χ3n) is 2.40. The van der Waals surface area contributed by atoms with Gasteiger partial charge in [-0.15, -0.1) is 0 Å². The number of rotatable bonds is 2. The fourth-order valence-electron chi connectivity index (χ4n) is 1.65. The normalized spacial score (nSPS) is 29.3. The number of allylic oxidation sites excluding steroid dienone is 1. The van der Waals surface area contributed by atoms with Gasteiger partial charge in [-0.05, 0) is 25.7 Å². The summed E-state index contributed by atoms with van der Waals surface area (Å²) in [4.78, 5) is 0. The predicted octanol–water partition coefficient (Wildman–Crippen LogP) is 2.61. The quantitative estimate of drug-likeness (QED) is 0.606. The summed E-state index contributed by atoms with van der Waals surface area (Å²) in [6.45, 7) is 2.21. The first-order valence-electron chi connectivity index (χ1n) is 4.79. The first kappa shape index (κ1) is 8.79. The van der Waals surface area contributed by atoms with Crippen LogP contribution in [0.5, 0.6) is 0 Å². The van der Waals surface area contributed by atoms with Gasteiger partial charge in [-0.1, -0.05) is 31.4 Å². The van der Waals surface area contributed by atoms with E-state index >= 15 is 0 Å². The highest BCUT2D eigenvalue weighted by molar-refractivity contribution is 5.11. The Kier molecular flexibility index (Phi) is 3.64. The molecule has 0 aromatic carbocycles. The maximum atomic E-state index is 5.95. The fraction of sp³-hybridized carbons (Fsp3) is 0.800. The Hall–Kier alpha value is -0.300. The van der Waals surface area contributed by atoms with Crippen LogP contribution in [0.2, 0.25) is 0 Å². The number of hydrogen-bond acceptors (Lipinski definition) is 1. The van der Waals surface area contributed by atoms with Crippen LogP contribution >= 0.6 is 0 Å². The molecule has 0 aromatic heterocycles. The van der Waals surface area contributed by atoms with Crippen molar-refractivity contribution in [2.45, 2.75) is 51.5 Å². The molecule has 2 N–H and O–H groups in total. The van der Waals surface area contributed by atoms with E-state index in [0.717, 1.165) is 0 Å². The third kappa shape index (κ3) is 2.66. The SMILES string of the molecule is CCCC=C1CCCCC1N. The highest BCUT2D eigenvalue weighted by atomic mass is 14.6. The van der Waals surface area contributed by atoms with Crippen molar-refractivity contribution in [1.29, 1.82) is 0 Å². The van der Waals surface area contributed by atoms with Crippen molar-refractivity contribution in [3.8, 4) is 0 Å². The first-order valence-corrected chi connectivity index (χ1v) is 4.79. The van der Waals surface area contributed by atoms with Crippen LogP contribution in [0.3, 0.4) is 0 Å². The molecule has 0 bridgehead atoms. The Morgan fingerprint density at radius 3 is 3.00 bits per heavy atom. The van der Waals surface area contributed by atoms with Gasteiger partial charge in [0.1, 0.15) is 0 Å². The van der Waals surface area contributed by atoms with Gasteiger partial charge in [0.25, 0.3) is 0 Å². The van der Waals surface area contributed by atoms with Crippen molar-refractivity contribution < 1.29 is 0 Å². The van der Waals surface area contributed by atoms with Crippen LogP contribution in [0.4, 0.5) is 0 Å². The molecule has 1 fully saturated rings. The van der Waals surface area contributed by atoms with Crippen LogP contribution in [0.1, 0.15) is 45.4 Å². The number of nitrogens with two attached hydrogens (primary N) is 1. The molecule has 0 spiro atoms. The lowest BCUT2D eigenvalue weighted by Gasteiger charge is -2.21. The van der Waals surface area contributed by atoms with Gasteiger partial charge in [0.15, 0.2) is 0 Å². The van der Waals surface area contributed by atoms with E-state index in [2.05, 4.69) is 13.0 Å². The zero-order valence-electron chi connectivity index (χ0n) is 7.47. The Morgan fingerprint density at radius 1 is 1.55 bits per heavy atom. The smallest absolute Gasteiger partial charge is 0.0253 e. The van der Waals surface area contributed by atoms with Crippen LogP contribution < -0.4 is 5.73 Å². The Labute approximate surface area is 69.7 Å². The first-order chi connectivity index (χ1) is 5.34. The van der Waals surface area contributed by atoms with Crippen LogP contribution in [0.25, 0.3) is 0 Å². The molecule has 1 heteroatoms. The number of unbranched alkanes of at least 4 members (excludes halogenated alkanes) is 1. The average molecular weight is 153 g/mol. The van der Waals surface area contributed by atoms with Gasteiger partial charge in [0.2, 0.25) is 0 Å². The maximum absolute atomic E-state index is 5.95. The third-order valence-corrected chi connectivity index (χ3v) is 2.40. The second-order valence-corrected chi connectivity index (χ2v) is 3.42. The molecule has 0 saturated heterocycles. The molecule has 1 aliphatic rings. The van der Waals surface area contributed by atoms with Gasteiger partial charge in [0, 0.05) is 6.04 Å². The Balaban J connectivity index is 2.40. The molecule has 0 aliphatic heterocycles. The molecule has 1 atom stereocenters. The molecular formula is C10H19N. The van der Waals surface area contributed by atoms with Gasteiger partial charge in [0.05, 0.1) is 0 Å². The van der Waals surface area contributed by atoms with E-state index in [4.69, 9.17) is 5.73 Å². The molecule has 1 aliphatic carbocycles. The number of hydrogen-bond donors (Lipinski definition) is 1. The average Bonchev–Trinajstić information content (AvgIpc) is 2.03. The monoisotopic (exact) mass is 153 g/mol. The molecule has 1 rings (SSSR count). The molecule has 1 nitrogen and oxygen atoms in total. The zero-order chi connectivity index (χ0) is 8.10. The van der Waals surface area contributed by atoms with Crippen LogP contribution in [-0.4, -0.2) is 6.04 Å². The van der Waals surface area contributed by atoms with Crippen molar-refractivity contribution in [3.63, 3.8) is 0 Å². The summed E-state index contributed by atoms with van der Waals surface area (Å²) < 4.78 is 0. The molecular weight excluding hydrogens is 134 g/mol. The van der Waals surface area contributed by atoms with E-state index in [1.165, 1.54) is 44.1 Å². The van der Waals surface area contributed by atoms with E-state index in [0.29, 0.717) is 6.04 Å². The van der Waals surface area contributed by atoms with Gasteiger partial charge in [-0.2, -0.15) is 0 Å². The zero-order valence-corrected chi connectivity index (χ0v) is 7.47. The lowest BCUT2D eigenvalue weighted by atomic mass is 9.90. The summed E-state index contributed by atoms with van der Waals surface area (Å²) in [6.07, 6.45) is 9.94. The summed E-state index contributed by atoms with van der Waals surface area (Å²) >= 11 is 0. The molecule has 0 heterocycles. The second-order valence-electron chi connectivity index (χ2n) is 3.42. The van der Waals surface area contributed by atoms with Crippen molar-refractivity contribution in [2.75, 3.05) is 0 Å². The predicted molar refractivity (Wildman–Crippen MR) is 49.4 cm³/mol. The van der Waals surface area contributed by atoms with E-state index < -0.39 is 0 Å². The Morgan fingerprint density at radius 2 is 2.36 bits per heavy atom. The van der Waals surface area contributed by atoms with Gasteiger partial charge >= 0.3 is 0 Å². The summed E-state index contributed by atoms with van der Waals surface area (Å²) in [5.74, 6) is 0. The molecule has 0 aromatic rings. The summed E-state index contributed by atoms with van der Waals surface area (Å²) in [5, 5.41) is 0. The minimum Gasteiger partial charge on any atom is -0.324 e. The summed E-state index contributed by atoms with van der Waals surface area (Å²) in [6, 6.07) is 0.385. The van der Waals surface area contributed by atoms with Crippen LogP contribution in [-0.2, 0) is 0 Å². The van der Waals surface area contributed by atoms with Crippen molar-refractivity contribution in [3.05, 3.63) is 11.6 Å². The molecule has 0 radical (unpaired) electrons. The summed E-state index contributed by atoms with van der Waals surface area (Å²) in [7, 11) is 0. The van der Waals surface area contributed by atoms with Gasteiger partial charge < -0.3 is 5.73 Å². The van der Waals surface area contributed by atoms with E-state index in [-0.39, 0.29) is 0 Å². The van der Waals surface area contributed by atoms with E-state index in [9.17, 15) is 0 Å². The maximum Gasteiger partial charge on any atom is 0.0253 e. The van der Waals surface area contributed by atoms with E-state index in [1.807, 2.05) is 0 Å². The lowest BCUT2D eigenvalue weighted by molar-refractivity contribution is 0.533. The van der Waals surface area contributed by atoms with Gasteiger partial charge in [-0.25, -0.2) is 0 Å². The lowest BCUT2D eigenvalue weighted by Crippen LogP contribution is -2.25. The highest BCUT2D eigenvalue weighted by Gasteiger charge is 2.13. The minimum atomic E-state index is 0.385. The molecule has 64 valence electrons. The second kappa shape index (κ2) is 4.55. The largest absolute Gasteiger partial charge is 0.324 e. The topological polar surface area (TPSA) is 26.0 Å². The van der Waals surface area contributed by atoms with Crippen molar-refractivity contribution in [1.82, 2.24) is 0 Å². The van der Waals surface area contributed by atoms with Gasteiger partial charge in [-0.3, -0.25) is 0 Å². The highest BCUT2D eigenvalue weighted by Crippen LogP contribution is 2.22. The Bertz CT molecular complexity index is 138. The van der Waals surface area contributed by atoms with Crippen LogP contribution in [0.15, 0.2) is 11.6 Å². The molecule has 11 heavy (non-hydrogen) atoms.